The predicted octanol–water partition coefficient (Wildman–Crippen LogP) is 3.33. The summed E-state index contributed by atoms with van der Waals surface area (Å²) in [6.07, 6.45) is 0. The van der Waals surface area contributed by atoms with E-state index in [9.17, 15) is 9.59 Å². The molecule has 5 nitrogen and oxygen atoms in total. The van der Waals surface area contributed by atoms with E-state index < -0.39 is 0 Å². The summed E-state index contributed by atoms with van der Waals surface area (Å²) < 4.78 is 0. The quantitative estimate of drug-likeness (QED) is 0.562. The van der Waals surface area contributed by atoms with Crippen LogP contribution in [0.5, 0.6) is 0 Å². The van der Waals surface area contributed by atoms with Crippen LogP contribution in [-0.4, -0.2) is 21.6 Å². The Kier molecular flexibility index (Phi) is 4.49. The number of anilines is 1. The minimum absolute atomic E-state index is 0.131. The van der Waals surface area contributed by atoms with Gasteiger partial charge in [-0.3, -0.25) is 9.59 Å². The Hall–Kier alpha value is -2.12. The lowest BCUT2D eigenvalue weighted by Crippen LogP contribution is -2.15. The lowest BCUT2D eigenvalue weighted by Gasteiger charge is -2.07. The zero-order valence-corrected chi connectivity index (χ0v) is 14.3. The van der Waals surface area contributed by atoms with E-state index in [2.05, 4.69) is 21.4 Å². The number of aryl methyl sites for hydroxylation is 2. The summed E-state index contributed by atoms with van der Waals surface area (Å²) >= 11 is 2.63. The minimum Gasteiger partial charge on any atom is -0.325 e. The van der Waals surface area contributed by atoms with Crippen LogP contribution in [0.15, 0.2) is 39.6 Å². The smallest absolute Gasteiger partial charge is 0.260 e. The maximum absolute atomic E-state index is 12.1. The second-order valence-electron chi connectivity index (χ2n) is 5.22. The first kappa shape index (κ1) is 15.8. The van der Waals surface area contributed by atoms with Gasteiger partial charge in [-0.05, 0) is 48.6 Å². The molecule has 0 atom stereocenters. The van der Waals surface area contributed by atoms with Gasteiger partial charge in [-0.15, -0.1) is 11.3 Å². The summed E-state index contributed by atoms with van der Waals surface area (Å²) in [5.41, 5.74) is 2.81. The number of carbonyl (C=O) groups excluding carboxylic acids is 1. The number of thiophene rings is 1. The van der Waals surface area contributed by atoms with Crippen LogP contribution in [0.3, 0.4) is 0 Å². The summed E-state index contributed by atoms with van der Waals surface area (Å²) in [6.45, 7) is 3.98. The molecule has 3 aromatic rings. The van der Waals surface area contributed by atoms with Gasteiger partial charge in [-0.2, -0.15) is 0 Å². The maximum Gasteiger partial charge on any atom is 0.260 e. The number of amides is 1. The summed E-state index contributed by atoms with van der Waals surface area (Å²) in [5.74, 6) is 0.0567. The van der Waals surface area contributed by atoms with Crippen molar-refractivity contribution >= 4 is 44.9 Å². The van der Waals surface area contributed by atoms with Gasteiger partial charge in [-0.1, -0.05) is 17.8 Å². The first-order chi connectivity index (χ1) is 11.0. The van der Waals surface area contributed by atoms with Crippen LogP contribution in [0.4, 0.5) is 5.69 Å². The standard InChI is InChI=1S/C16H15N3O2S2/c1-9-5-10(2)7-11(6-9)17-13(20)8-23-16-18-14(21)12-3-4-22-15(12)19-16/h3-7H,8H2,1-2H3,(H,17,20)(H,18,19,21). The highest BCUT2D eigenvalue weighted by Gasteiger charge is 2.09. The van der Waals surface area contributed by atoms with E-state index in [1.165, 1.54) is 23.1 Å². The highest BCUT2D eigenvalue weighted by molar-refractivity contribution is 7.99. The van der Waals surface area contributed by atoms with E-state index in [1.54, 1.807) is 6.07 Å². The number of H-pyrrole nitrogens is 1. The van der Waals surface area contributed by atoms with Crippen molar-refractivity contribution in [3.63, 3.8) is 0 Å². The first-order valence-electron chi connectivity index (χ1n) is 7.00. The van der Waals surface area contributed by atoms with Crippen molar-refractivity contribution in [1.29, 1.82) is 0 Å². The van der Waals surface area contributed by atoms with Gasteiger partial charge in [0.15, 0.2) is 5.16 Å². The SMILES string of the molecule is Cc1cc(C)cc(NC(=O)CSc2nc3sccc3c(=O)[nH]2)c1. The van der Waals surface area contributed by atoms with Gasteiger partial charge in [0.2, 0.25) is 5.91 Å². The van der Waals surface area contributed by atoms with Crippen LogP contribution in [0.2, 0.25) is 0 Å². The second kappa shape index (κ2) is 6.55. The molecule has 0 aliphatic heterocycles. The third kappa shape index (κ3) is 3.80. The van der Waals surface area contributed by atoms with Crippen LogP contribution in [0.1, 0.15) is 11.1 Å². The van der Waals surface area contributed by atoms with E-state index in [0.717, 1.165) is 16.8 Å². The number of benzene rings is 1. The Morgan fingerprint density at radius 3 is 2.78 bits per heavy atom. The fraction of sp³-hybridized carbons (Fsp3) is 0.188. The molecule has 118 valence electrons. The molecule has 7 heteroatoms. The average Bonchev–Trinajstić information content (AvgIpc) is 2.93. The number of thioether (sulfide) groups is 1. The lowest BCUT2D eigenvalue weighted by atomic mass is 10.1. The molecule has 0 aliphatic carbocycles. The number of aromatic amines is 1. The minimum atomic E-state index is -0.173. The molecular formula is C16H15N3O2S2. The highest BCUT2D eigenvalue weighted by atomic mass is 32.2. The van der Waals surface area contributed by atoms with Crippen molar-refractivity contribution < 1.29 is 4.79 Å². The summed E-state index contributed by atoms with van der Waals surface area (Å²) in [5, 5.41) is 5.73. The van der Waals surface area contributed by atoms with E-state index in [4.69, 9.17) is 0 Å². The first-order valence-corrected chi connectivity index (χ1v) is 8.86. The van der Waals surface area contributed by atoms with Crippen molar-refractivity contribution in [2.75, 3.05) is 11.1 Å². The zero-order valence-electron chi connectivity index (χ0n) is 12.7. The van der Waals surface area contributed by atoms with E-state index >= 15 is 0 Å². The van der Waals surface area contributed by atoms with E-state index in [-0.39, 0.29) is 17.2 Å². The molecule has 2 heterocycles. The molecule has 3 rings (SSSR count). The number of hydrogen-bond acceptors (Lipinski definition) is 5. The van der Waals surface area contributed by atoms with Crippen LogP contribution < -0.4 is 10.9 Å². The van der Waals surface area contributed by atoms with Crippen LogP contribution in [0, 0.1) is 13.8 Å². The molecule has 0 fully saturated rings. The fourth-order valence-corrected chi connectivity index (χ4v) is 3.77. The largest absolute Gasteiger partial charge is 0.325 e. The number of nitrogens with zero attached hydrogens (tertiary/aromatic N) is 1. The van der Waals surface area contributed by atoms with Gasteiger partial charge in [0.1, 0.15) is 4.83 Å². The monoisotopic (exact) mass is 345 g/mol. The third-order valence-electron chi connectivity index (χ3n) is 3.16. The van der Waals surface area contributed by atoms with Crippen LogP contribution >= 0.6 is 23.1 Å². The molecule has 1 aromatic carbocycles. The molecule has 0 bridgehead atoms. The van der Waals surface area contributed by atoms with Crippen molar-refractivity contribution in [2.24, 2.45) is 0 Å². The third-order valence-corrected chi connectivity index (χ3v) is 4.84. The van der Waals surface area contributed by atoms with E-state index in [0.29, 0.717) is 15.4 Å². The Morgan fingerprint density at radius 1 is 1.30 bits per heavy atom. The van der Waals surface area contributed by atoms with E-state index in [1.807, 2.05) is 31.4 Å². The van der Waals surface area contributed by atoms with Gasteiger partial charge < -0.3 is 10.3 Å². The number of fused-ring (bicyclic) bond motifs is 1. The van der Waals surface area contributed by atoms with Crippen molar-refractivity contribution in [1.82, 2.24) is 9.97 Å². The van der Waals surface area contributed by atoms with Gasteiger partial charge in [0.25, 0.3) is 5.56 Å². The maximum atomic E-state index is 12.1. The number of nitrogens with one attached hydrogen (secondary N) is 2. The van der Waals surface area contributed by atoms with Crippen LogP contribution in [-0.2, 0) is 4.79 Å². The van der Waals surface area contributed by atoms with Crippen molar-refractivity contribution in [3.8, 4) is 0 Å². The number of carbonyl (C=O) groups is 1. The number of hydrogen-bond donors (Lipinski definition) is 2. The van der Waals surface area contributed by atoms with Gasteiger partial charge in [-0.25, -0.2) is 4.98 Å². The summed E-state index contributed by atoms with van der Waals surface area (Å²) in [7, 11) is 0. The molecule has 0 aliphatic rings. The van der Waals surface area contributed by atoms with Gasteiger partial charge in [0, 0.05) is 5.69 Å². The van der Waals surface area contributed by atoms with Crippen LogP contribution in [0.25, 0.3) is 10.2 Å². The topological polar surface area (TPSA) is 74.8 Å². The highest BCUT2D eigenvalue weighted by Crippen LogP contribution is 2.19. The summed E-state index contributed by atoms with van der Waals surface area (Å²) in [4.78, 5) is 31.7. The molecular weight excluding hydrogens is 330 g/mol. The molecule has 2 aromatic heterocycles. The number of rotatable bonds is 4. The molecule has 0 saturated heterocycles. The molecule has 1 amide bonds. The Bertz CT molecular complexity index is 910. The zero-order chi connectivity index (χ0) is 16.4. The molecule has 0 radical (unpaired) electrons. The molecule has 0 unspecified atom stereocenters. The molecule has 0 saturated carbocycles. The predicted molar refractivity (Wildman–Crippen MR) is 95.5 cm³/mol. The number of aromatic nitrogens is 2. The Labute approximate surface area is 141 Å². The second-order valence-corrected chi connectivity index (χ2v) is 7.08. The molecule has 23 heavy (non-hydrogen) atoms. The van der Waals surface area contributed by atoms with Gasteiger partial charge >= 0.3 is 0 Å². The van der Waals surface area contributed by atoms with Crippen molar-refractivity contribution in [2.45, 2.75) is 19.0 Å². The van der Waals surface area contributed by atoms with Gasteiger partial charge in [0.05, 0.1) is 11.1 Å². The average molecular weight is 345 g/mol. The Balaban J connectivity index is 1.67. The summed E-state index contributed by atoms with van der Waals surface area (Å²) in [6, 6.07) is 7.64. The normalized spacial score (nSPS) is 10.9. The Morgan fingerprint density at radius 2 is 2.04 bits per heavy atom. The van der Waals surface area contributed by atoms with Crippen molar-refractivity contribution in [3.05, 3.63) is 51.1 Å². The lowest BCUT2D eigenvalue weighted by molar-refractivity contribution is -0.113. The molecule has 2 N–H and O–H groups in total. The molecule has 0 spiro atoms. The fourth-order valence-electron chi connectivity index (χ4n) is 2.29.